The van der Waals surface area contributed by atoms with Gasteiger partial charge in [-0.1, -0.05) is 47.5 Å². The van der Waals surface area contributed by atoms with Gasteiger partial charge in [-0.25, -0.2) is 0 Å². The molecule has 1 amide bonds. The molecule has 1 unspecified atom stereocenters. The second-order valence-corrected chi connectivity index (χ2v) is 7.43. The van der Waals surface area contributed by atoms with Crippen LogP contribution in [-0.2, 0) is 4.79 Å². The number of aryl methyl sites for hydroxylation is 1. The highest BCUT2D eigenvalue weighted by atomic mass is 35.5. The molecular weight excluding hydrogens is 334 g/mol. The van der Waals surface area contributed by atoms with Gasteiger partial charge in [-0.15, -0.1) is 0 Å². The van der Waals surface area contributed by atoms with Gasteiger partial charge in [-0.3, -0.25) is 4.79 Å². The predicted molar refractivity (Wildman–Crippen MR) is 102 cm³/mol. The summed E-state index contributed by atoms with van der Waals surface area (Å²) in [5, 5.41) is 3.72. The summed E-state index contributed by atoms with van der Waals surface area (Å²) >= 11 is 6.12. The molecular formula is C21H22ClNO2. The Morgan fingerprint density at radius 2 is 2.04 bits per heavy atom. The number of halogens is 1. The molecule has 1 heterocycles. The molecule has 1 atom stereocenters. The molecule has 1 aliphatic heterocycles. The molecule has 3 rings (SSSR count). The van der Waals surface area contributed by atoms with Gasteiger partial charge in [-0.05, 0) is 44.5 Å². The Balaban J connectivity index is 1.79. The maximum Gasteiger partial charge on any atom is 0.244 e. The molecule has 3 nitrogen and oxygen atoms in total. The van der Waals surface area contributed by atoms with Crippen molar-refractivity contribution in [2.24, 2.45) is 0 Å². The first-order valence-corrected chi connectivity index (χ1v) is 8.74. The lowest BCUT2D eigenvalue weighted by Gasteiger charge is -2.38. The lowest BCUT2D eigenvalue weighted by atomic mass is 9.89. The van der Waals surface area contributed by atoms with Crippen LogP contribution in [-0.4, -0.2) is 11.5 Å². The smallest absolute Gasteiger partial charge is 0.244 e. The van der Waals surface area contributed by atoms with Gasteiger partial charge < -0.3 is 10.1 Å². The molecule has 0 radical (unpaired) electrons. The van der Waals surface area contributed by atoms with E-state index in [4.69, 9.17) is 16.3 Å². The number of benzene rings is 2. The minimum atomic E-state index is -0.327. The summed E-state index contributed by atoms with van der Waals surface area (Å²) in [6, 6.07) is 13.4. The quantitative estimate of drug-likeness (QED) is 0.779. The molecule has 0 aliphatic carbocycles. The van der Waals surface area contributed by atoms with Gasteiger partial charge in [0, 0.05) is 23.1 Å². The van der Waals surface area contributed by atoms with Crippen molar-refractivity contribution in [3.63, 3.8) is 0 Å². The first-order chi connectivity index (χ1) is 11.8. The topological polar surface area (TPSA) is 38.3 Å². The first kappa shape index (κ1) is 17.6. The van der Waals surface area contributed by atoms with E-state index in [1.807, 2.05) is 51.1 Å². The largest absolute Gasteiger partial charge is 0.487 e. The Morgan fingerprint density at radius 1 is 1.28 bits per heavy atom. The summed E-state index contributed by atoms with van der Waals surface area (Å²) in [7, 11) is 0. The molecule has 25 heavy (non-hydrogen) atoms. The number of carbonyl (C=O) groups is 1. The van der Waals surface area contributed by atoms with Gasteiger partial charge >= 0.3 is 0 Å². The van der Waals surface area contributed by atoms with Crippen LogP contribution in [0.5, 0.6) is 5.75 Å². The summed E-state index contributed by atoms with van der Waals surface area (Å²) in [5.74, 6) is 0.692. The molecule has 4 heteroatoms. The van der Waals surface area contributed by atoms with Crippen LogP contribution in [0.25, 0.3) is 6.08 Å². The lowest BCUT2D eigenvalue weighted by molar-refractivity contribution is -0.117. The van der Waals surface area contributed by atoms with E-state index < -0.39 is 0 Å². The van der Waals surface area contributed by atoms with E-state index in [1.54, 1.807) is 12.1 Å². The normalized spacial score (nSPS) is 18.5. The first-order valence-electron chi connectivity index (χ1n) is 8.37. The van der Waals surface area contributed by atoms with Crippen molar-refractivity contribution in [3.05, 3.63) is 70.3 Å². The third-order valence-corrected chi connectivity index (χ3v) is 4.60. The van der Waals surface area contributed by atoms with Crippen molar-refractivity contribution in [1.29, 1.82) is 0 Å². The number of hydrogen-bond donors (Lipinski definition) is 1. The molecule has 130 valence electrons. The van der Waals surface area contributed by atoms with E-state index in [9.17, 15) is 4.79 Å². The molecule has 0 fully saturated rings. The van der Waals surface area contributed by atoms with Crippen molar-refractivity contribution >= 4 is 23.6 Å². The van der Waals surface area contributed by atoms with Gasteiger partial charge in [0.1, 0.15) is 11.4 Å². The van der Waals surface area contributed by atoms with Crippen LogP contribution in [0, 0.1) is 6.92 Å². The van der Waals surface area contributed by atoms with Crippen LogP contribution >= 0.6 is 11.6 Å². The molecule has 1 aliphatic rings. The molecule has 0 aromatic heterocycles. The van der Waals surface area contributed by atoms with E-state index in [0.29, 0.717) is 5.02 Å². The second kappa shape index (κ2) is 6.93. The van der Waals surface area contributed by atoms with E-state index in [2.05, 4.69) is 11.4 Å². The lowest BCUT2D eigenvalue weighted by Crippen LogP contribution is -2.41. The van der Waals surface area contributed by atoms with Gasteiger partial charge in [0.25, 0.3) is 0 Å². The summed E-state index contributed by atoms with van der Waals surface area (Å²) in [6.45, 7) is 6.11. The van der Waals surface area contributed by atoms with Crippen LogP contribution < -0.4 is 10.1 Å². The number of ether oxygens (including phenoxy) is 1. The average molecular weight is 356 g/mol. The number of rotatable bonds is 3. The van der Waals surface area contributed by atoms with E-state index in [0.717, 1.165) is 28.9 Å². The van der Waals surface area contributed by atoms with Crippen LogP contribution in [0.2, 0.25) is 5.02 Å². The van der Waals surface area contributed by atoms with Crippen molar-refractivity contribution in [2.45, 2.75) is 38.8 Å². The summed E-state index contributed by atoms with van der Waals surface area (Å²) in [6.07, 6.45) is 3.98. The third kappa shape index (κ3) is 4.23. The zero-order valence-electron chi connectivity index (χ0n) is 14.7. The fourth-order valence-electron chi connectivity index (χ4n) is 3.10. The highest BCUT2D eigenvalue weighted by molar-refractivity contribution is 6.32. The molecule has 2 aromatic rings. The predicted octanol–water partition coefficient (Wildman–Crippen LogP) is 5.08. The van der Waals surface area contributed by atoms with Gasteiger partial charge in [-0.2, -0.15) is 0 Å². The average Bonchev–Trinajstić information content (AvgIpc) is 2.54. The van der Waals surface area contributed by atoms with Crippen LogP contribution in [0.1, 0.15) is 43.0 Å². The second-order valence-electron chi connectivity index (χ2n) is 7.02. The minimum absolute atomic E-state index is 0.0814. The van der Waals surface area contributed by atoms with E-state index in [-0.39, 0.29) is 17.6 Å². The number of fused-ring (bicyclic) bond motifs is 1. The summed E-state index contributed by atoms with van der Waals surface area (Å²) in [5.41, 5.74) is 2.67. The molecule has 1 N–H and O–H groups in total. The van der Waals surface area contributed by atoms with Crippen LogP contribution in [0.3, 0.4) is 0 Å². The maximum absolute atomic E-state index is 12.4. The Bertz CT molecular complexity index is 826. The number of nitrogens with one attached hydrogen (secondary N) is 1. The Morgan fingerprint density at radius 3 is 2.80 bits per heavy atom. The van der Waals surface area contributed by atoms with Crippen molar-refractivity contribution in [3.8, 4) is 5.75 Å². The van der Waals surface area contributed by atoms with Crippen LogP contribution in [0.4, 0.5) is 0 Å². The van der Waals surface area contributed by atoms with E-state index >= 15 is 0 Å². The Kier molecular flexibility index (Phi) is 4.87. The highest BCUT2D eigenvalue weighted by Crippen LogP contribution is 2.39. The van der Waals surface area contributed by atoms with Gasteiger partial charge in [0.15, 0.2) is 0 Å². The number of hydrogen-bond acceptors (Lipinski definition) is 2. The van der Waals surface area contributed by atoms with Crippen LogP contribution in [0.15, 0.2) is 48.5 Å². The Hall–Kier alpha value is -2.26. The monoisotopic (exact) mass is 355 g/mol. The SMILES string of the molecule is Cc1ccc2c(c1)C(NC(=O)/C=C/c1ccccc1Cl)CC(C)(C)O2. The van der Waals surface area contributed by atoms with Gasteiger partial charge in [0.2, 0.25) is 5.91 Å². The molecule has 0 bridgehead atoms. The standard InChI is InChI=1S/C21H22ClNO2/c1-14-8-10-19-16(12-14)18(13-21(2,3)25-19)23-20(24)11-9-15-6-4-5-7-17(15)22/h4-12,18H,13H2,1-3H3,(H,23,24)/b11-9+. The van der Waals surface area contributed by atoms with Crippen molar-refractivity contribution in [1.82, 2.24) is 5.32 Å². The Labute approximate surface area is 153 Å². The van der Waals surface area contributed by atoms with Crippen molar-refractivity contribution in [2.75, 3.05) is 0 Å². The summed E-state index contributed by atoms with van der Waals surface area (Å²) < 4.78 is 6.04. The van der Waals surface area contributed by atoms with Crippen molar-refractivity contribution < 1.29 is 9.53 Å². The molecule has 2 aromatic carbocycles. The number of amides is 1. The molecule has 0 saturated carbocycles. The minimum Gasteiger partial charge on any atom is -0.487 e. The molecule has 0 spiro atoms. The van der Waals surface area contributed by atoms with Gasteiger partial charge in [0.05, 0.1) is 6.04 Å². The maximum atomic E-state index is 12.4. The zero-order chi connectivity index (χ0) is 18.0. The zero-order valence-corrected chi connectivity index (χ0v) is 15.4. The summed E-state index contributed by atoms with van der Waals surface area (Å²) in [4.78, 5) is 12.4. The fraction of sp³-hybridized carbons (Fsp3) is 0.286. The third-order valence-electron chi connectivity index (χ3n) is 4.26. The molecule has 0 saturated heterocycles. The highest BCUT2D eigenvalue weighted by Gasteiger charge is 2.34. The van der Waals surface area contributed by atoms with E-state index in [1.165, 1.54) is 6.08 Å². The fourth-order valence-corrected chi connectivity index (χ4v) is 3.30. The number of carbonyl (C=O) groups excluding carboxylic acids is 1.